The molecule has 3 rings (SSSR count). The highest BCUT2D eigenvalue weighted by atomic mass is 16.2. The Kier molecular flexibility index (Phi) is 4.38. The standard InChI is InChI=1S/C16H22N4O2/c1-18-8-10-20(11-9-18)15(21)13-4-5-17-14(12-13)16(22)19-6-2-3-7-19/h4-5,12H,2-3,6-11H2,1H3. The van der Waals surface area contributed by atoms with Crippen LogP contribution in [0.1, 0.15) is 33.7 Å². The van der Waals surface area contributed by atoms with Crippen LogP contribution >= 0.6 is 0 Å². The normalized spacial score (nSPS) is 19.5. The summed E-state index contributed by atoms with van der Waals surface area (Å²) in [5.74, 6) is -0.0727. The van der Waals surface area contributed by atoms with Crippen molar-refractivity contribution in [3.05, 3.63) is 29.6 Å². The summed E-state index contributed by atoms with van der Waals surface area (Å²) in [4.78, 5) is 34.9. The molecule has 2 aliphatic rings. The predicted octanol–water partition coefficient (Wildman–Crippen LogP) is 0.705. The van der Waals surface area contributed by atoms with Crippen LogP contribution in [0.4, 0.5) is 0 Å². The zero-order valence-corrected chi connectivity index (χ0v) is 13.0. The van der Waals surface area contributed by atoms with E-state index in [4.69, 9.17) is 0 Å². The van der Waals surface area contributed by atoms with E-state index in [1.165, 1.54) is 0 Å². The van der Waals surface area contributed by atoms with Gasteiger partial charge in [0.2, 0.25) is 0 Å². The third kappa shape index (κ3) is 3.11. The first-order chi connectivity index (χ1) is 10.6. The van der Waals surface area contributed by atoms with Crippen molar-refractivity contribution in [2.75, 3.05) is 46.3 Å². The van der Waals surface area contributed by atoms with E-state index in [2.05, 4.69) is 16.9 Å². The third-order valence-corrected chi connectivity index (χ3v) is 4.41. The molecule has 0 unspecified atom stereocenters. The zero-order chi connectivity index (χ0) is 15.5. The molecule has 2 amide bonds. The van der Waals surface area contributed by atoms with Gasteiger partial charge < -0.3 is 14.7 Å². The second kappa shape index (κ2) is 6.44. The number of piperazine rings is 1. The van der Waals surface area contributed by atoms with Gasteiger partial charge in [0, 0.05) is 51.0 Å². The van der Waals surface area contributed by atoms with Crippen molar-refractivity contribution in [3.8, 4) is 0 Å². The molecule has 0 spiro atoms. The lowest BCUT2D eigenvalue weighted by atomic mass is 10.1. The number of aromatic nitrogens is 1. The van der Waals surface area contributed by atoms with Gasteiger partial charge in [-0.1, -0.05) is 0 Å². The number of pyridine rings is 1. The van der Waals surface area contributed by atoms with Crippen LogP contribution in [0.5, 0.6) is 0 Å². The number of rotatable bonds is 2. The highest BCUT2D eigenvalue weighted by molar-refractivity contribution is 5.98. The lowest BCUT2D eigenvalue weighted by Gasteiger charge is -2.32. The molecule has 0 N–H and O–H groups in total. The Morgan fingerprint density at radius 1 is 0.955 bits per heavy atom. The topological polar surface area (TPSA) is 56.8 Å². The predicted molar refractivity (Wildman–Crippen MR) is 82.8 cm³/mol. The largest absolute Gasteiger partial charge is 0.337 e. The minimum atomic E-state index is -0.0643. The second-order valence-corrected chi connectivity index (χ2v) is 6.02. The zero-order valence-electron chi connectivity index (χ0n) is 13.0. The first kappa shape index (κ1) is 15.0. The Morgan fingerprint density at radius 2 is 1.59 bits per heavy atom. The maximum Gasteiger partial charge on any atom is 0.272 e. The minimum absolute atomic E-state index is 0.00836. The summed E-state index contributed by atoms with van der Waals surface area (Å²) < 4.78 is 0. The van der Waals surface area contributed by atoms with E-state index in [0.717, 1.165) is 52.1 Å². The van der Waals surface area contributed by atoms with Crippen LogP contribution in [-0.4, -0.2) is 77.8 Å². The van der Waals surface area contributed by atoms with Crippen molar-refractivity contribution in [1.29, 1.82) is 0 Å². The number of carbonyl (C=O) groups excluding carboxylic acids is 2. The van der Waals surface area contributed by atoms with Gasteiger partial charge in [-0.2, -0.15) is 0 Å². The Morgan fingerprint density at radius 3 is 2.27 bits per heavy atom. The average Bonchev–Trinajstić information content (AvgIpc) is 3.09. The molecule has 0 saturated carbocycles. The molecule has 0 aliphatic carbocycles. The van der Waals surface area contributed by atoms with Crippen LogP contribution in [0.2, 0.25) is 0 Å². The summed E-state index contributed by atoms with van der Waals surface area (Å²) in [7, 11) is 2.06. The van der Waals surface area contributed by atoms with E-state index < -0.39 is 0 Å². The molecule has 1 aromatic rings. The van der Waals surface area contributed by atoms with Crippen molar-refractivity contribution < 1.29 is 9.59 Å². The number of carbonyl (C=O) groups is 2. The van der Waals surface area contributed by atoms with Gasteiger partial charge in [0.05, 0.1) is 0 Å². The van der Waals surface area contributed by atoms with Crippen LogP contribution in [-0.2, 0) is 0 Å². The molecule has 6 nitrogen and oxygen atoms in total. The van der Waals surface area contributed by atoms with E-state index in [1.807, 2.05) is 9.80 Å². The van der Waals surface area contributed by atoms with Gasteiger partial charge in [0.15, 0.2) is 0 Å². The van der Waals surface area contributed by atoms with Crippen molar-refractivity contribution in [1.82, 2.24) is 19.7 Å². The van der Waals surface area contributed by atoms with Gasteiger partial charge in [0.25, 0.3) is 11.8 Å². The van der Waals surface area contributed by atoms with Gasteiger partial charge in [-0.3, -0.25) is 14.6 Å². The molecule has 118 valence electrons. The number of amides is 2. The lowest BCUT2D eigenvalue weighted by Crippen LogP contribution is -2.47. The van der Waals surface area contributed by atoms with Crippen LogP contribution in [0.3, 0.4) is 0 Å². The SMILES string of the molecule is CN1CCN(C(=O)c2ccnc(C(=O)N3CCCC3)c2)CC1. The Labute approximate surface area is 130 Å². The van der Waals surface area contributed by atoms with Crippen molar-refractivity contribution in [2.24, 2.45) is 0 Å². The maximum absolute atomic E-state index is 12.6. The van der Waals surface area contributed by atoms with E-state index in [9.17, 15) is 9.59 Å². The highest BCUT2D eigenvalue weighted by Gasteiger charge is 2.24. The van der Waals surface area contributed by atoms with Crippen molar-refractivity contribution in [2.45, 2.75) is 12.8 Å². The number of hydrogen-bond donors (Lipinski definition) is 0. The summed E-state index contributed by atoms with van der Waals surface area (Å²) in [6, 6.07) is 3.34. The van der Waals surface area contributed by atoms with E-state index >= 15 is 0 Å². The molecular formula is C16H22N4O2. The fraction of sp³-hybridized carbons (Fsp3) is 0.562. The molecule has 0 radical (unpaired) electrons. The number of hydrogen-bond acceptors (Lipinski definition) is 4. The monoisotopic (exact) mass is 302 g/mol. The molecule has 22 heavy (non-hydrogen) atoms. The summed E-state index contributed by atoms with van der Waals surface area (Å²) in [5.41, 5.74) is 0.934. The molecular weight excluding hydrogens is 280 g/mol. The van der Waals surface area contributed by atoms with E-state index in [1.54, 1.807) is 18.3 Å². The van der Waals surface area contributed by atoms with Crippen LogP contribution in [0, 0.1) is 0 Å². The van der Waals surface area contributed by atoms with Gasteiger partial charge in [-0.05, 0) is 32.0 Å². The molecule has 0 atom stereocenters. The quantitative estimate of drug-likeness (QED) is 0.807. The Bertz CT molecular complexity index is 561. The van der Waals surface area contributed by atoms with Crippen LogP contribution in [0.25, 0.3) is 0 Å². The fourth-order valence-corrected chi connectivity index (χ4v) is 2.95. The van der Waals surface area contributed by atoms with Gasteiger partial charge in [-0.15, -0.1) is 0 Å². The van der Waals surface area contributed by atoms with Crippen molar-refractivity contribution >= 4 is 11.8 Å². The molecule has 1 aromatic heterocycles. The van der Waals surface area contributed by atoms with Gasteiger partial charge in [0.1, 0.15) is 5.69 Å². The summed E-state index contributed by atoms with van der Waals surface area (Å²) in [6.45, 7) is 4.81. The van der Waals surface area contributed by atoms with E-state index in [0.29, 0.717) is 11.3 Å². The van der Waals surface area contributed by atoms with E-state index in [-0.39, 0.29) is 11.8 Å². The Balaban J connectivity index is 1.73. The Hall–Kier alpha value is -1.95. The van der Waals surface area contributed by atoms with Gasteiger partial charge in [-0.25, -0.2) is 0 Å². The number of likely N-dealkylation sites (N-methyl/N-ethyl adjacent to an activating group) is 1. The minimum Gasteiger partial charge on any atom is -0.337 e. The molecule has 3 heterocycles. The summed E-state index contributed by atoms with van der Waals surface area (Å²) in [5, 5.41) is 0. The maximum atomic E-state index is 12.6. The summed E-state index contributed by atoms with van der Waals surface area (Å²) >= 11 is 0. The smallest absolute Gasteiger partial charge is 0.272 e. The highest BCUT2D eigenvalue weighted by Crippen LogP contribution is 2.14. The molecule has 0 aromatic carbocycles. The number of likely N-dealkylation sites (tertiary alicyclic amines) is 1. The molecule has 2 aliphatic heterocycles. The molecule has 6 heteroatoms. The number of nitrogens with zero attached hydrogens (tertiary/aromatic N) is 4. The lowest BCUT2D eigenvalue weighted by molar-refractivity contribution is 0.0664. The van der Waals surface area contributed by atoms with Crippen LogP contribution in [0.15, 0.2) is 18.3 Å². The van der Waals surface area contributed by atoms with Crippen LogP contribution < -0.4 is 0 Å². The molecule has 2 saturated heterocycles. The van der Waals surface area contributed by atoms with Gasteiger partial charge >= 0.3 is 0 Å². The van der Waals surface area contributed by atoms with Crippen molar-refractivity contribution in [3.63, 3.8) is 0 Å². The average molecular weight is 302 g/mol. The first-order valence-electron chi connectivity index (χ1n) is 7.88. The first-order valence-corrected chi connectivity index (χ1v) is 7.88. The fourth-order valence-electron chi connectivity index (χ4n) is 2.95. The summed E-state index contributed by atoms with van der Waals surface area (Å²) in [6.07, 6.45) is 3.66. The second-order valence-electron chi connectivity index (χ2n) is 6.02. The molecule has 2 fully saturated rings. The third-order valence-electron chi connectivity index (χ3n) is 4.41. The molecule has 0 bridgehead atoms.